The van der Waals surface area contributed by atoms with E-state index >= 15 is 0 Å². The van der Waals surface area contributed by atoms with Crippen LogP contribution in [0, 0.1) is 5.82 Å². The number of urea groups is 1. The minimum absolute atomic E-state index is 0.0120. The number of fused-ring (bicyclic) bond motifs is 1. The van der Waals surface area contributed by atoms with Crippen molar-refractivity contribution in [1.82, 2.24) is 9.91 Å². The molecule has 2 aromatic carbocycles. The molecular weight excluding hydrogens is 391 g/mol. The van der Waals surface area contributed by atoms with E-state index in [-0.39, 0.29) is 42.2 Å². The molecular formula is C21H19FN4O4. The van der Waals surface area contributed by atoms with Gasteiger partial charge in [0, 0.05) is 24.8 Å². The third kappa shape index (κ3) is 3.32. The van der Waals surface area contributed by atoms with Gasteiger partial charge in [0.05, 0.1) is 24.8 Å². The first-order chi connectivity index (χ1) is 14.6. The van der Waals surface area contributed by atoms with Crippen molar-refractivity contribution in [3.8, 4) is 11.5 Å². The Morgan fingerprint density at radius 2 is 2.03 bits per heavy atom. The van der Waals surface area contributed by atoms with Crippen molar-refractivity contribution in [2.75, 3.05) is 25.0 Å². The number of rotatable bonds is 3. The van der Waals surface area contributed by atoms with Gasteiger partial charge in [-0.1, -0.05) is 30.3 Å². The second-order valence-corrected chi connectivity index (χ2v) is 7.35. The van der Waals surface area contributed by atoms with Crippen molar-refractivity contribution >= 4 is 23.8 Å². The highest BCUT2D eigenvalue weighted by Gasteiger charge is 2.39. The van der Waals surface area contributed by atoms with Gasteiger partial charge in [-0.3, -0.25) is 4.79 Å². The fourth-order valence-corrected chi connectivity index (χ4v) is 3.72. The maximum absolute atomic E-state index is 14.3. The van der Waals surface area contributed by atoms with E-state index < -0.39 is 5.82 Å². The lowest BCUT2D eigenvalue weighted by Gasteiger charge is -2.41. The number of ether oxygens (including phenoxy) is 2. The maximum Gasteiger partial charge on any atom is 0.341 e. The van der Waals surface area contributed by atoms with E-state index in [1.54, 1.807) is 11.1 Å². The molecule has 0 aromatic heterocycles. The van der Waals surface area contributed by atoms with Crippen molar-refractivity contribution in [3.05, 3.63) is 53.8 Å². The number of anilines is 1. The van der Waals surface area contributed by atoms with E-state index in [2.05, 4.69) is 10.4 Å². The highest BCUT2D eigenvalue weighted by atomic mass is 19.1. The zero-order chi connectivity index (χ0) is 20.7. The molecule has 8 nitrogen and oxygen atoms in total. The first-order valence-corrected chi connectivity index (χ1v) is 9.67. The molecule has 0 radical (unpaired) electrons. The van der Waals surface area contributed by atoms with Crippen molar-refractivity contribution in [2.24, 2.45) is 5.10 Å². The van der Waals surface area contributed by atoms with Gasteiger partial charge in [0.1, 0.15) is 11.9 Å². The summed E-state index contributed by atoms with van der Waals surface area (Å²) in [6, 6.07) is 12.0. The zero-order valence-electron chi connectivity index (χ0n) is 16.0. The molecule has 3 aliphatic rings. The van der Waals surface area contributed by atoms with Crippen LogP contribution in [0.1, 0.15) is 18.0 Å². The van der Waals surface area contributed by atoms with Gasteiger partial charge in [-0.15, -0.1) is 0 Å². The van der Waals surface area contributed by atoms with E-state index in [1.807, 2.05) is 30.3 Å². The molecule has 1 atom stereocenters. The number of nitrogens with zero attached hydrogens (tertiary/aromatic N) is 3. The molecule has 2 aromatic rings. The molecule has 1 fully saturated rings. The predicted molar refractivity (Wildman–Crippen MR) is 106 cm³/mol. The third-order valence-corrected chi connectivity index (χ3v) is 5.29. The van der Waals surface area contributed by atoms with Gasteiger partial charge in [-0.05, 0) is 5.56 Å². The molecule has 1 N–H and O–H groups in total. The predicted octanol–water partition coefficient (Wildman–Crippen LogP) is 2.77. The number of hydrogen-bond donors (Lipinski definition) is 1. The second kappa shape index (κ2) is 7.33. The molecule has 0 saturated carbocycles. The number of amides is 3. The second-order valence-electron chi connectivity index (χ2n) is 7.35. The molecule has 3 amide bonds. The molecule has 5 rings (SSSR count). The summed E-state index contributed by atoms with van der Waals surface area (Å²) in [6.45, 7) is 0.507. The van der Waals surface area contributed by atoms with E-state index in [0.717, 1.165) is 5.56 Å². The van der Waals surface area contributed by atoms with Crippen LogP contribution in [0.3, 0.4) is 0 Å². The lowest BCUT2D eigenvalue weighted by atomic mass is 10.0. The zero-order valence-corrected chi connectivity index (χ0v) is 16.0. The number of nitrogens with one attached hydrogen (secondary N) is 1. The van der Waals surface area contributed by atoms with Crippen LogP contribution in [-0.4, -0.2) is 53.9 Å². The molecule has 154 valence electrons. The van der Waals surface area contributed by atoms with Gasteiger partial charge in [-0.25, -0.2) is 14.2 Å². The van der Waals surface area contributed by atoms with Gasteiger partial charge < -0.3 is 19.7 Å². The quantitative estimate of drug-likeness (QED) is 0.844. The fourth-order valence-electron chi connectivity index (χ4n) is 3.72. The molecule has 9 heteroatoms. The molecule has 0 aliphatic carbocycles. The van der Waals surface area contributed by atoms with Crippen LogP contribution in [0.2, 0.25) is 0 Å². The van der Waals surface area contributed by atoms with Crippen LogP contribution in [0.15, 0.2) is 47.6 Å². The highest BCUT2D eigenvalue weighted by molar-refractivity contribution is 5.95. The number of carbonyl (C=O) groups is 2. The van der Waals surface area contributed by atoms with E-state index in [1.165, 1.54) is 17.1 Å². The number of carbonyl (C=O) groups excluding carboxylic acids is 2. The van der Waals surface area contributed by atoms with Crippen LogP contribution in [0.25, 0.3) is 0 Å². The summed E-state index contributed by atoms with van der Waals surface area (Å²) in [4.78, 5) is 25.9. The molecule has 0 unspecified atom stereocenters. The Morgan fingerprint density at radius 1 is 1.23 bits per heavy atom. The van der Waals surface area contributed by atoms with Crippen LogP contribution < -0.4 is 14.8 Å². The summed E-state index contributed by atoms with van der Waals surface area (Å²) in [6.07, 6.45) is 2.06. The molecule has 0 spiro atoms. The lowest BCUT2D eigenvalue weighted by Crippen LogP contribution is -2.58. The number of likely N-dealkylation sites (tertiary alicyclic amines) is 1. The third-order valence-electron chi connectivity index (χ3n) is 5.29. The minimum atomic E-state index is -0.581. The average molecular weight is 410 g/mol. The Kier molecular flexibility index (Phi) is 4.50. The molecule has 3 aliphatic heterocycles. The molecule has 3 heterocycles. The van der Waals surface area contributed by atoms with Gasteiger partial charge >= 0.3 is 6.03 Å². The van der Waals surface area contributed by atoms with Gasteiger partial charge in [0.25, 0.3) is 5.91 Å². The topological polar surface area (TPSA) is 83.5 Å². The van der Waals surface area contributed by atoms with Crippen molar-refractivity contribution < 1.29 is 23.5 Å². The normalized spacial score (nSPS) is 20.3. The summed E-state index contributed by atoms with van der Waals surface area (Å²) in [7, 11) is 0. The molecule has 0 bridgehead atoms. The van der Waals surface area contributed by atoms with Crippen LogP contribution in [-0.2, 0) is 4.79 Å². The van der Waals surface area contributed by atoms with Crippen molar-refractivity contribution in [3.63, 3.8) is 0 Å². The highest BCUT2D eigenvalue weighted by Crippen LogP contribution is 2.35. The number of hydrazone groups is 1. The first kappa shape index (κ1) is 18.4. The summed E-state index contributed by atoms with van der Waals surface area (Å²) in [5.74, 6) is -0.607. The number of hydrogen-bond acceptors (Lipinski definition) is 5. The summed E-state index contributed by atoms with van der Waals surface area (Å²) in [5.41, 5.74) is 1.39. The average Bonchev–Trinajstić information content (AvgIpc) is 3.21. The Balaban J connectivity index is 1.22. The Labute approximate surface area is 171 Å². The van der Waals surface area contributed by atoms with Crippen LogP contribution in [0.5, 0.6) is 11.5 Å². The SMILES string of the molecule is O=C1COc2cc(F)c(OC3CN(C(=O)N4N=CC[C@H]4c4ccccc4)C3)cc2N1. The van der Waals surface area contributed by atoms with E-state index in [0.29, 0.717) is 25.2 Å². The van der Waals surface area contributed by atoms with Gasteiger partial charge in [-0.2, -0.15) is 5.10 Å². The summed E-state index contributed by atoms with van der Waals surface area (Å²) >= 11 is 0. The lowest BCUT2D eigenvalue weighted by molar-refractivity contribution is -0.118. The van der Waals surface area contributed by atoms with Crippen LogP contribution >= 0.6 is 0 Å². The van der Waals surface area contributed by atoms with Crippen molar-refractivity contribution in [1.29, 1.82) is 0 Å². The molecule has 30 heavy (non-hydrogen) atoms. The number of benzene rings is 2. The Morgan fingerprint density at radius 3 is 2.83 bits per heavy atom. The number of halogens is 1. The van der Waals surface area contributed by atoms with Gasteiger partial charge in [0.15, 0.2) is 18.2 Å². The minimum Gasteiger partial charge on any atom is -0.484 e. The van der Waals surface area contributed by atoms with Gasteiger partial charge in [0.2, 0.25) is 0 Å². The van der Waals surface area contributed by atoms with E-state index in [9.17, 15) is 14.0 Å². The van der Waals surface area contributed by atoms with Crippen molar-refractivity contribution in [2.45, 2.75) is 18.6 Å². The maximum atomic E-state index is 14.3. The smallest absolute Gasteiger partial charge is 0.341 e. The van der Waals surface area contributed by atoms with E-state index in [4.69, 9.17) is 9.47 Å². The fraction of sp³-hybridized carbons (Fsp3) is 0.286. The first-order valence-electron chi connectivity index (χ1n) is 9.67. The summed E-state index contributed by atoms with van der Waals surface area (Å²) in [5, 5.41) is 8.34. The Hall–Kier alpha value is -3.62. The largest absolute Gasteiger partial charge is 0.484 e. The standard InChI is InChI=1S/C21H19FN4O4/c22-15-8-19-16(24-20(27)12-29-19)9-18(15)30-14-10-25(11-14)21(28)26-17(6-7-23-26)13-4-2-1-3-5-13/h1-5,7-9,14,17H,6,10-12H2,(H,24,27)/t17-/m0/s1. The molecule has 1 saturated heterocycles. The summed E-state index contributed by atoms with van der Waals surface area (Å²) < 4.78 is 25.2. The monoisotopic (exact) mass is 410 g/mol. The van der Waals surface area contributed by atoms with Crippen LogP contribution in [0.4, 0.5) is 14.9 Å². The Bertz CT molecular complexity index is 1020.